The molecule has 1 N–H and O–H groups in total. The Balaban J connectivity index is 1.69. The molecule has 0 radical (unpaired) electrons. The van der Waals surface area contributed by atoms with Crippen molar-refractivity contribution in [1.82, 2.24) is 15.0 Å². The van der Waals surface area contributed by atoms with Crippen LogP contribution < -0.4 is 10.2 Å². The van der Waals surface area contributed by atoms with Crippen LogP contribution in [0.5, 0.6) is 0 Å². The lowest BCUT2D eigenvalue weighted by Crippen LogP contribution is -2.38. The van der Waals surface area contributed by atoms with Gasteiger partial charge in [-0.25, -0.2) is 4.79 Å². The maximum absolute atomic E-state index is 12.5. The van der Waals surface area contributed by atoms with Gasteiger partial charge in [0.05, 0.1) is 13.3 Å². The smallest absolute Gasteiger partial charge is 0.412 e. The van der Waals surface area contributed by atoms with Crippen LogP contribution in [0, 0.1) is 0 Å². The first-order valence-corrected chi connectivity index (χ1v) is 7.31. The number of aryl methyl sites for hydroxylation is 1. The molecule has 2 amide bonds. The van der Waals surface area contributed by atoms with Gasteiger partial charge in [-0.2, -0.15) is 9.90 Å². The average molecular weight is 315 g/mol. The molecule has 1 aromatic heterocycles. The second kappa shape index (κ2) is 6.47. The highest BCUT2D eigenvalue weighted by Gasteiger charge is 2.22. The standard InChI is InChI=1S/C15H17N5O3/c1-23-15(22)17-13-9-16-20(18-13)10-14(21)19-8-4-6-11-5-2-3-7-12(11)19/h2-3,5,7,9H,4,6,8,10H2,1H3,(H,17,18,22). The van der Waals surface area contributed by atoms with Crippen LogP contribution in [0.15, 0.2) is 30.5 Å². The summed E-state index contributed by atoms with van der Waals surface area (Å²) in [4.78, 5) is 26.7. The zero-order chi connectivity index (χ0) is 16.2. The van der Waals surface area contributed by atoms with Crippen LogP contribution in [0.2, 0.25) is 0 Å². The molecule has 1 aromatic carbocycles. The highest BCUT2D eigenvalue weighted by molar-refractivity contribution is 5.94. The number of ether oxygens (including phenoxy) is 1. The number of para-hydroxylation sites is 1. The number of carbonyl (C=O) groups is 2. The number of nitrogens with one attached hydrogen (secondary N) is 1. The zero-order valence-corrected chi connectivity index (χ0v) is 12.7. The molecule has 2 aromatic rings. The van der Waals surface area contributed by atoms with Crippen molar-refractivity contribution in [3.63, 3.8) is 0 Å². The van der Waals surface area contributed by atoms with Crippen LogP contribution in [0.3, 0.4) is 0 Å². The van der Waals surface area contributed by atoms with Gasteiger partial charge >= 0.3 is 6.09 Å². The van der Waals surface area contributed by atoms with Crippen molar-refractivity contribution in [1.29, 1.82) is 0 Å². The van der Waals surface area contributed by atoms with E-state index in [1.54, 1.807) is 4.90 Å². The van der Waals surface area contributed by atoms with E-state index in [1.807, 2.05) is 24.3 Å². The van der Waals surface area contributed by atoms with E-state index in [0.29, 0.717) is 6.54 Å². The molecular formula is C15H17N5O3. The lowest BCUT2D eigenvalue weighted by Gasteiger charge is -2.29. The quantitative estimate of drug-likeness (QED) is 0.925. The summed E-state index contributed by atoms with van der Waals surface area (Å²) in [6, 6.07) is 7.90. The Labute approximate surface area is 133 Å². The van der Waals surface area contributed by atoms with E-state index in [-0.39, 0.29) is 18.3 Å². The van der Waals surface area contributed by atoms with Gasteiger partial charge in [0.25, 0.3) is 5.91 Å². The van der Waals surface area contributed by atoms with Crippen LogP contribution >= 0.6 is 0 Å². The molecule has 0 atom stereocenters. The second-order valence-electron chi connectivity index (χ2n) is 5.15. The van der Waals surface area contributed by atoms with Gasteiger partial charge in [-0.15, -0.1) is 5.10 Å². The van der Waals surface area contributed by atoms with E-state index in [1.165, 1.54) is 23.7 Å². The fraction of sp³-hybridized carbons (Fsp3) is 0.333. The van der Waals surface area contributed by atoms with E-state index in [9.17, 15) is 9.59 Å². The zero-order valence-electron chi connectivity index (χ0n) is 12.7. The summed E-state index contributed by atoms with van der Waals surface area (Å²) in [5.74, 6) is 0.154. The predicted octanol–water partition coefficient (Wildman–Crippen LogP) is 1.44. The number of hydrogen-bond acceptors (Lipinski definition) is 5. The number of carbonyl (C=O) groups excluding carboxylic acids is 2. The van der Waals surface area contributed by atoms with Crippen molar-refractivity contribution < 1.29 is 14.3 Å². The molecule has 0 aliphatic carbocycles. The fourth-order valence-electron chi connectivity index (χ4n) is 2.59. The first-order chi connectivity index (χ1) is 11.2. The van der Waals surface area contributed by atoms with Crippen LogP contribution in [0.25, 0.3) is 0 Å². The maximum atomic E-state index is 12.5. The summed E-state index contributed by atoms with van der Waals surface area (Å²) >= 11 is 0. The summed E-state index contributed by atoms with van der Waals surface area (Å²) in [5, 5.41) is 10.4. The number of amides is 2. The molecule has 2 heterocycles. The van der Waals surface area contributed by atoms with Crippen LogP contribution in [0.4, 0.5) is 16.3 Å². The van der Waals surface area contributed by atoms with E-state index in [2.05, 4.69) is 20.3 Å². The number of aromatic nitrogens is 3. The first kappa shape index (κ1) is 15.0. The van der Waals surface area contributed by atoms with Gasteiger partial charge in [-0.1, -0.05) is 18.2 Å². The average Bonchev–Trinajstić information content (AvgIpc) is 3.01. The topological polar surface area (TPSA) is 89.3 Å². The number of nitrogens with zero attached hydrogens (tertiary/aromatic N) is 4. The number of anilines is 2. The number of benzene rings is 1. The lowest BCUT2D eigenvalue weighted by atomic mass is 10.0. The monoisotopic (exact) mass is 315 g/mol. The number of rotatable bonds is 3. The van der Waals surface area contributed by atoms with Crippen LogP contribution in [0.1, 0.15) is 12.0 Å². The SMILES string of the molecule is COC(=O)Nc1cnn(CC(=O)N2CCCc3ccccc32)n1. The van der Waals surface area contributed by atoms with Crippen molar-refractivity contribution in [2.75, 3.05) is 23.9 Å². The van der Waals surface area contributed by atoms with Gasteiger partial charge in [-0.3, -0.25) is 10.1 Å². The lowest BCUT2D eigenvalue weighted by molar-refractivity contribution is -0.119. The summed E-state index contributed by atoms with van der Waals surface area (Å²) in [6.07, 6.45) is 2.65. The molecule has 0 bridgehead atoms. The molecule has 0 spiro atoms. The highest BCUT2D eigenvalue weighted by Crippen LogP contribution is 2.26. The molecule has 1 aliphatic rings. The normalized spacial score (nSPS) is 13.3. The molecule has 0 fully saturated rings. The van der Waals surface area contributed by atoms with Gasteiger partial charge in [0.1, 0.15) is 6.54 Å². The Morgan fingerprint density at radius 3 is 3.00 bits per heavy atom. The van der Waals surface area contributed by atoms with Crippen molar-refractivity contribution >= 4 is 23.5 Å². The van der Waals surface area contributed by atoms with Gasteiger partial charge in [0.15, 0.2) is 5.82 Å². The Morgan fingerprint density at radius 2 is 2.17 bits per heavy atom. The Morgan fingerprint density at radius 1 is 1.35 bits per heavy atom. The van der Waals surface area contributed by atoms with Crippen LogP contribution in [-0.2, 0) is 22.5 Å². The Bertz CT molecular complexity index is 727. The number of hydrogen-bond donors (Lipinski definition) is 1. The molecular weight excluding hydrogens is 298 g/mol. The minimum Gasteiger partial charge on any atom is -0.453 e. The third kappa shape index (κ3) is 3.31. The molecule has 8 nitrogen and oxygen atoms in total. The van der Waals surface area contributed by atoms with Crippen molar-refractivity contribution in [3.05, 3.63) is 36.0 Å². The largest absolute Gasteiger partial charge is 0.453 e. The highest BCUT2D eigenvalue weighted by atomic mass is 16.5. The molecule has 1 aliphatic heterocycles. The minimum absolute atomic E-state index is 0.0111. The van der Waals surface area contributed by atoms with E-state index in [4.69, 9.17) is 0 Å². The predicted molar refractivity (Wildman–Crippen MR) is 83.2 cm³/mol. The number of methoxy groups -OCH3 is 1. The summed E-state index contributed by atoms with van der Waals surface area (Å²) in [7, 11) is 1.26. The summed E-state index contributed by atoms with van der Waals surface area (Å²) < 4.78 is 4.48. The molecule has 3 rings (SSSR count). The first-order valence-electron chi connectivity index (χ1n) is 7.31. The molecule has 8 heteroatoms. The molecule has 0 saturated heterocycles. The van der Waals surface area contributed by atoms with Gasteiger partial charge in [0, 0.05) is 12.2 Å². The van der Waals surface area contributed by atoms with Crippen LogP contribution in [-0.4, -0.2) is 40.6 Å². The molecule has 0 saturated carbocycles. The van der Waals surface area contributed by atoms with Gasteiger partial charge < -0.3 is 9.64 Å². The third-order valence-corrected chi connectivity index (χ3v) is 3.64. The second-order valence-corrected chi connectivity index (χ2v) is 5.15. The van der Waals surface area contributed by atoms with Gasteiger partial charge in [0.2, 0.25) is 0 Å². The molecule has 0 unspecified atom stereocenters. The van der Waals surface area contributed by atoms with E-state index >= 15 is 0 Å². The number of fused-ring (bicyclic) bond motifs is 1. The van der Waals surface area contributed by atoms with Crippen molar-refractivity contribution in [2.45, 2.75) is 19.4 Å². The summed E-state index contributed by atoms with van der Waals surface area (Å²) in [6.45, 7) is 0.696. The van der Waals surface area contributed by atoms with Crippen molar-refractivity contribution in [3.8, 4) is 0 Å². The van der Waals surface area contributed by atoms with E-state index < -0.39 is 6.09 Å². The molecule has 120 valence electrons. The summed E-state index contributed by atoms with van der Waals surface area (Å²) in [5.41, 5.74) is 2.12. The Kier molecular flexibility index (Phi) is 4.22. The maximum Gasteiger partial charge on any atom is 0.412 e. The third-order valence-electron chi connectivity index (χ3n) is 3.64. The Hall–Kier alpha value is -2.90. The van der Waals surface area contributed by atoms with Crippen molar-refractivity contribution in [2.24, 2.45) is 0 Å². The van der Waals surface area contributed by atoms with Gasteiger partial charge in [-0.05, 0) is 24.5 Å². The minimum atomic E-state index is -0.631. The molecule has 23 heavy (non-hydrogen) atoms. The van der Waals surface area contributed by atoms with E-state index in [0.717, 1.165) is 18.5 Å². The fourth-order valence-corrected chi connectivity index (χ4v) is 2.59.